The van der Waals surface area contributed by atoms with Crippen molar-refractivity contribution in [2.45, 2.75) is 25.4 Å². The van der Waals surface area contributed by atoms with Gasteiger partial charge in [0.2, 0.25) is 0 Å². The molecule has 1 saturated carbocycles. The van der Waals surface area contributed by atoms with Crippen LogP contribution in [-0.2, 0) is 9.53 Å². The van der Waals surface area contributed by atoms with Crippen LogP contribution in [0.1, 0.15) is 19.3 Å². The van der Waals surface area contributed by atoms with E-state index in [1.165, 1.54) is 5.57 Å². The molecule has 0 aromatic rings. The normalized spacial score (nSPS) is 35.7. The molecule has 3 nitrogen and oxygen atoms in total. The highest BCUT2D eigenvalue weighted by Crippen LogP contribution is 2.47. The van der Waals surface area contributed by atoms with E-state index in [0.29, 0.717) is 5.57 Å². The molecule has 2 atom stereocenters. The molecule has 0 spiro atoms. The molecule has 2 fully saturated rings. The maximum atomic E-state index is 11.4. The molecule has 0 unspecified atom stereocenters. The summed E-state index contributed by atoms with van der Waals surface area (Å²) in [5.41, 5.74) is 2.88. The number of fused-ring (bicyclic) bond motifs is 3. The molecule has 3 rings (SSSR count). The number of carbonyl (C=O) groups is 1. The molecule has 3 aliphatic rings. The van der Waals surface area contributed by atoms with Crippen molar-refractivity contribution in [3.63, 3.8) is 0 Å². The summed E-state index contributed by atoms with van der Waals surface area (Å²) in [4.78, 5) is 11.4. The average Bonchev–Trinajstić information content (AvgIpc) is 2.72. The summed E-state index contributed by atoms with van der Waals surface area (Å²) >= 11 is 0. The molecule has 1 saturated heterocycles. The molecular weight excluding hydrogens is 192 g/mol. The van der Waals surface area contributed by atoms with Gasteiger partial charge in [-0.05, 0) is 30.4 Å². The van der Waals surface area contributed by atoms with E-state index >= 15 is 0 Å². The van der Waals surface area contributed by atoms with Crippen LogP contribution in [-0.4, -0.2) is 17.2 Å². The van der Waals surface area contributed by atoms with E-state index in [9.17, 15) is 4.79 Å². The topological polar surface area (TPSA) is 46.5 Å². The summed E-state index contributed by atoms with van der Waals surface area (Å²) in [7, 11) is 0. The lowest BCUT2D eigenvalue weighted by molar-refractivity contribution is -0.137. The van der Waals surface area contributed by atoms with Crippen LogP contribution < -0.4 is 0 Å². The second-order valence-electron chi connectivity index (χ2n) is 4.19. The Morgan fingerprint density at radius 3 is 3.00 bits per heavy atom. The van der Waals surface area contributed by atoms with Gasteiger partial charge < -0.3 is 9.84 Å². The molecule has 0 aromatic heterocycles. The van der Waals surface area contributed by atoms with Crippen molar-refractivity contribution >= 4 is 5.97 Å². The Kier molecular flexibility index (Phi) is 1.75. The SMILES string of the molecule is O=C1O[C@@H]2C3=CCCC=C3C[C@@H]2/C1=C\O. The third-order valence-electron chi connectivity index (χ3n) is 3.41. The van der Waals surface area contributed by atoms with E-state index in [0.717, 1.165) is 31.1 Å². The zero-order valence-electron chi connectivity index (χ0n) is 8.27. The molecule has 0 radical (unpaired) electrons. The van der Waals surface area contributed by atoms with Gasteiger partial charge in [0, 0.05) is 5.92 Å². The van der Waals surface area contributed by atoms with Gasteiger partial charge in [0.05, 0.1) is 11.8 Å². The molecule has 3 heteroatoms. The first-order valence-electron chi connectivity index (χ1n) is 5.26. The molecule has 0 bridgehead atoms. The first-order chi connectivity index (χ1) is 7.31. The number of hydrogen-bond acceptors (Lipinski definition) is 3. The minimum absolute atomic E-state index is 0.0399. The summed E-state index contributed by atoms with van der Waals surface area (Å²) in [6.07, 6.45) is 8.08. The minimum Gasteiger partial charge on any atom is -0.515 e. The predicted molar refractivity (Wildman–Crippen MR) is 54.1 cm³/mol. The zero-order chi connectivity index (χ0) is 10.4. The van der Waals surface area contributed by atoms with Crippen LogP contribution >= 0.6 is 0 Å². The first-order valence-corrected chi connectivity index (χ1v) is 5.26. The Morgan fingerprint density at radius 2 is 2.20 bits per heavy atom. The standard InChI is InChI=1S/C12H12O3/c13-6-10-9-5-7-3-1-2-4-8(7)11(9)15-12(10)14/h3-4,6,9,11,13H,1-2,5H2/b10-6+/t9-,11-/m1/s1. The maximum Gasteiger partial charge on any atom is 0.338 e. The molecule has 1 aliphatic heterocycles. The van der Waals surface area contributed by atoms with Gasteiger partial charge in [-0.1, -0.05) is 12.2 Å². The van der Waals surface area contributed by atoms with Crippen LogP contribution in [0.25, 0.3) is 0 Å². The van der Waals surface area contributed by atoms with Crippen LogP contribution in [0.2, 0.25) is 0 Å². The zero-order valence-corrected chi connectivity index (χ0v) is 8.27. The molecular formula is C12H12O3. The van der Waals surface area contributed by atoms with E-state index in [2.05, 4.69) is 12.2 Å². The summed E-state index contributed by atoms with van der Waals surface area (Å²) in [5, 5.41) is 9.02. The fourth-order valence-corrected chi connectivity index (χ4v) is 2.71. The van der Waals surface area contributed by atoms with Crippen LogP contribution in [0.15, 0.2) is 35.1 Å². The number of ether oxygens (including phenoxy) is 1. The smallest absolute Gasteiger partial charge is 0.338 e. The number of hydrogen-bond donors (Lipinski definition) is 1. The van der Waals surface area contributed by atoms with Crippen molar-refractivity contribution in [3.05, 3.63) is 35.1 Å². The lowest BCUT2D eigenvalue weighted by Crippen LogP contribution is -2.11. The van der Waals surface area contributed by atoms with Crippen molar-refractivity contribution in [2.75, 3.05) is 0 Å². The summed E-state index contributed by atoms with van der Waals surface area (Å²) < 4.78 is 5.28. The Balaban J connectivity index is 2.02. The Bertz CT molecular complexity index is 415. The first kappa shape index (κ1) is 8.77. The fourth-order valence-electron chi connectivity index (χ4n) is 2.71. The largest absolute Gasteiger partial charge is 0.515 e. The monoisotopic (exact) mass is 204 g/mol. The van der Waals surface area contributed by atoms with E-state index in [1.807, 2.05) is 0 Å². The Labute approximate surface area is 87.7 Å². The molecule has 1 N–H and O–H groups in total. The fraction of sp³-hybridized carbons (Fsp3) is 0.417. The van der Waals surface area contributed by atoms with E-state index in [-0.39, 0.29) is 18.0 Å². The van der Waals surface area contributed by atoms with Crippen molar-refractivity contribution in [1.29, 1.82) is 0 Å². The van der Waals surface area contributed by atoms with Crippen LogP contribution in [0.5, 0.6) is 0 Å². The van der Waals surface area contributed by atoms with E-state index in [4.69, 9.17) is 9.84 Å². The Hall–Kier alpha value is -1.51. The molecule has 1 heterocycles. The third kappa shape index (κ3) is 1.09. The minimum atomic E-state index is -0.363. The molecule has 0 amide bonds. The molecule has 78 valence electrons. The molecule has 15 heavy (non-hydrogen) atoms. The van der Waals surface area contributed by atoms with Gasteiger partial charge in [-0.25, -0.2) is 4.79 Å². The summed E-state index contributed by atoms with van der Waals surface area (Å²) in [6.45, 7) is 0. The van der Waals surface area contributed by atoms with Crippen molar-refractivity contribution in [2.24, 2.45) is 5.92 Å². The number of allylic oxidation sites excluding steroid dienone is 2. The van der Waals surface area contributed by atoms with Gasteiger partial charge in [0.1, 0.15) is 6.10 Å². The van der Waals surface area contributed by atoms with Crippen LogP contribution in [0.4, 0.5) is 0 Å². The highest BCUT2D eigenvalue weighted by molar-refractivity contribution is 5.92. The highest BCUT2D eigenvalue weighted by Gasteiger charge is 2.48. The second-order valence-corrected chi connectivity index (χ2v) is 4.19. The average molecular weight is 204 g/mol. The van der Waals surface area contributed by atoms with E-state index in [1.54, 1.807) is 0 Å². The summed E-state index contributed by atoms with van der Waals surface area (Å²) in [5.74, 6) is -0.323. The van der Waals surface area contributed by atoms with Crippen molar-refractivity contribution in [3.8, 4) is 0 Å². The predicted octanol–water partition coefficient (Wildman–Crippen LogP) is 2.02. The number of aliphatic hydroxyl groups is 1. The highest BCUT2D eigenvalue weighted by atomic mass is 16.6. The van der Waals surface area contributed by atoms with Crippen LogP contribution in [0, 0.1) is 5.92 Å². The Morgan fingerprint density at radius 1 is 1.40 bits per heavy atom. The molecule has 2 aliphatic carbocycles. The number of rotatable bonds is 0. The van der Waals surface area contributed by atoms with Crippen molar-refractivity contribution < 1.29 is 14.6 Å². The van der Waals surface area contributed by atoms with Gasteiger partial charge in [0.25, 0.3) is 0 Å². The molecule has 0 aromatic carbocycles. The van der Waals surface area contributed by atoms with E-state index < -0.39 is 0 Å². The van der Waals surface area contributed by atoms with Gasteiger partial charge in [-0.3, -0.25) is 0 Å². The number of aliphatic hydroxyl groups excluding tert-OH is 1. The lowest BCUT2D eigenvalue weighted by atomic mass is 9.99. The number of esters is 1. The maximum absolute atomic E-state index is 11.4. The lowest BCUT2D eigenvalue weighted by Gasteiger charge is -2.12. The summed E-state index contributed by atoms with van der Waals surface area (Å²) in [6, 6.07) is 0. The van der Waals surface area contributed by atoms with Crippen LogP contribution in [0.3, 0.4) is 0 Å². The third-order valence-corrected chi connectivity index (χ3v) is 3.41. The second kappa shape index (κ2) is 2.99. The van der Waals surface area contributed by atoms with Gasteiger partial charge >= 0.3 is 5.97 Å². The van der Waals surface area contributed by atoms with Gasteiger partial charge in [-0.15, -0.1) is 0 Å². The number of carbonyl (C=O) groups excluding carboxylic acids is 1. The quantitative estimate of drug-likeness (QED) is 0.373. The van der Waals surface area contributed by atoms with Gasteiger partial charge in [0.15, 0.2) is 0 Å². The van der Waals surface area contributed by atoms with Crippen molar-refractivity contribution in [1.82, 2.24) is 0 Å². The van der Waals surface area contributed by atoms with Gasteiger partial charge in [-0.2, -0.15) is 0 Å².